The molecule has 2 nitrogen and oxygen atoms in total. The molecule has 0 radical (unpaired) electrons. The average molecular weight is 274 g/mol. The molecular formula is C18H30N2. The van der Waals surface area contributed by atoms with Crippen LogP contribution in [0.1, 0.15) is 64.6 Å². The summed E-state index contributed by atoms with van der Waals surface area (Å²) in [6.07, 6.45) is 8.75. The minimum Gasteiger partial charge on any atom is -0.325 e. The fourth-order valence-electron chi connectivity index (χ4n) is 3.37. The molecule has 0 bridgehead atoms. The lowest BCUT2D eigenvalue weighted by Gasteiger charge is -2.42. The minimum absolute atomic E-state index is 0.0392. The maximum atomic E-state index is 6.63. The second kappa shape index (κ2) is 5.85. The molecule has 1 aromatic heterocycles. The third-order valence-corrected chi connectivity index (χ3v) is 5.03. The van der Waals surface area contributed by atoms with E-state index in [1.807, 2.05) is 6.20 Å². The Morgan fingerprint density at radius 1 is 1.25 bits per heavy atom. The smallest absolute Gasteiger partial charge is 0.0422 e. The molecule has 2 heteroatoms. The first kappa shape index (κ1) is 15.5. The van der Waals surface area contributed by atoms with Gasteiger partial charge in [0.25, 0.3) is 0 Å². The summed E-state index contributed by atoms with van der Waals surface area (Å²) in [5.74, 6) is 0.814. The molecule has 0 aromatic carbocycles. The van der Waals surface area contributed by atoms with Crippen molar-refractivity contribution in [1.29, 1.82) is 0 Å². The Kier molecular flexibility index (Phi) is 4.53. The summed E-state index contributed by atoms with van der Waals surface area (Å²) in [6.45, 7) is 9.22. The number of hydrogen-bond donors (Lipinski definition) is 1. The molecule has 1 aliphatic carbocycles. The first-order chi connectivity index (χ1) is 9.32. The van der Waals surface area contributed by atoms with Gasteiger partial charge in [0.15, 0.2) is 0 Å². The van der Waals surface area contributed by atoms with Crippen LogP contribution in [0.2, 0.25) is 0 Å². The van der Waals surface area contributed by atoms with Crippen molar-refractivity contribution in [3.63, 3.8) is 0 Å². The molecule has 1 fully saturated rings. The van der Waals surface area contributed by atoms with Gasteiger partial charge in [-0.15, -0.1) is 0 Å². The standard InChI is InChI=1S/C18H30N2/c1-5-14-6-7-16(20-13-14)12-18(19)10-8-15(9-11-18)17(2,3)4/h6-7,13,15H,5,8-12,19H2,1-4H3. The second-order valence-corrected chi connectivity index (χ2v) is 7.69. The monoisotopic (exact) mass is 274 g/mol. The molecule has 0 spiro atoms. The van der Waals surface area contributed by atoms with E-state index in [4.69, 9.17) is 5.73 Å². The van der Waals surface area contributed by atoms with E-state index in [2.05, 4.69) is 44.8 Å². The lowest BCUT2D eigenvalue weighted by molar-refractivity contribution is 0.133. The highest BCUT2D eigenvalue weighted by Gasteiger charge is 2.36. The van der Waals surface area contributed by atoms with Crippen LogP contribution in [0.5, 0.6) is 0 Å². The van der Waals surface area contributed by atoms with Gasteiger partial charge in [-0.1, -0.05) is 33.8 Å². The van der Waals surface area contributed by atoms with Crippen molar-refractivity contribution in [1.82, 2.24) is 4.98 Å². The second-order valence-electron chi connectivity index (χ2n) is 7.69. The fraction of sp³-hybridized carbons (Fsp3) is 0.722. The predicted octanol–water partition coefficient (Wildman–Crippen LogP) is 4.12. The number of rotatable bonds is 3. The third-order valence-electron chi connectivity index (χ3n) is 5.03. The Labute approximate surface area is 124 Å². The van der Waals surface area contributed by atoms with E-state index in [0.717, 1.165) is 37.3 Å². The van der Waals surface area contributed by atoms with E-state index in [0.29, 0.717) is 5.41 Å². The van der Waals surface area contributed by atoms with Gasteiger partial charge in [0.2, 0.25) is 0 Å². The fourth-order valence-corrected chi connectivity index (χ4v) is 3.37. The molecule has 0 atom stereocenters. The number of aromatic nitrogens is 1. The van der Waals surface area contributed by atoms with Gasteiger partial charge in [0.05, 0.1) is 0 Å². The van der Waals surface area contributed by atoms with Gasteiger partial charge in [0.1, 0.15) is 0 Å². The zero-order valence-electron chi connectivity index (χ0n) is 13.6. The number of pyridine rings is 1. The number of nitrogens with zero attached hydrogens (tertiary/aromatic N) is 1. The van der Waals surface area contributed by atoms with Crippen molar-refractivity contribution in [2.75, 3.05) is 0 Å². The Morgan fingerprint density at radius 3 is 2.35 bits per heavy atom. The normalized spacial score (nSPS) is 27.6. The third kappa shape index (κ3) is 3.82. The van der Waals surface area contributed by atoms with Crippen LogP contribution >= 0.6 is 0 Å². The molecular weight excluding hydrogens is 244 g/mol. The zero-order valence-corrected chi connectivity index (χ0v) is 13.6. The van der Waals surface area contributed by atoms with Crippen molar-refractivity contribution in [2.45, 2.75) is 71.8 Å². The van der Waals surface area contributed by atoms with E-state index < -0.39 is 0 Å². The van der Waals surface area contributed by atoms with Gasteiger partial charge in [-0.3, -0.25) is 4.98 Å². The van der Waals surface area contributed by atoms with Gasteiger partial charge in [-0.05, 0) is 55.1 Å². The van der Waals surface area contributed by atoms with Crippen LogP contribution < -0.4 is 5.73 Å². The van der Waals surface area contributed by atoms with E-state index >= 15 is 0 Å². The SMILES string of the molecule is CCc1ccc(CC2(N)CCC(C(C)(C)C)CC2)nc1. The summed E-state index contributed by atoms with van der Waals surface area (Å²) in [7, 11) is 0. The summed E-state index contributed by atoms with van der Waals surface area (Å²) < 4.78 is 0. The van der Waals surface area contributed by atoms with E-state index in [1.165, 1.54) is 18.4 Å². The Hall–Kier alpha value is -0.890. The summed E-state index contributed by atoms with van der Waals surface area (Å²) >= 11 is 0. The van der Waals surface area contributed by atoms with Gasteiger partial charge in [-0.2, -0.15) is 0 Å². The first-order valence-electron chi connectivity index (χ1n) is 8.05. The molecule has 2 N–H and O–H groups in total. The average Bonchev–Trinajstić information content (AvgIpc) is 2.38. The molecule has 1 aromatic rings. The van der Waals surface area contributed by atoms with Crippen molar-refractivity contribution in [2.24, 2.45) is 17.1 Å². The number of aryl methyl sites for hydroxylation is 1. The number of nitrogens with two attached hydrogens (primary N) is 1. The van der Waals surface area contributed by atoms with Crippen molar-refractivity contribution < 1.29 is 0 Å². The van der Waals surface area contributed by atoms with Crippen LogP contribution in [0.15, 0.2) is 18.3 Å². The van der Waals surface area contributed by atoms with Crippen LogP contribution in [0.25, 0.3) is 0 Å². The number of hydrogen-bond acceptors (Lipinski definition) is 2. The molecule has 0 aliphatic heterocycles. The largest absolute Gasteiger partial charge is 0.325 e. The van der Waals surface area contributed by atoms with E-state index in [-0.39, 0.29) is 5.54 Å². The Bertz CT molecular complexity index is 420. The highest BCUT2D eigenvalue weighted by Crippen LogP contribution is 2.41. The lowest BCUT2D eigenvalue weighted by Crippen LogP contribution is -2.46. The van der Waals surface area contributed by atoms with Crippen LogP contribution in [0, 0.1) is 11.3 Å². The molecule has 1 heterocycles. The van der Waals surface area contributed by atoms with Gasteiger partial charge < -0.3 is 5.73 Å². The highest BCUT2D eigenvalue weighted by atomic mass is 14.8. The van der Waals surface area contributed by atoms with Gasteiger partial charge in [-0.25, -0.2) is 0 Å². The molecule has 0 saturated heterocycles. The van der Waals surface area contributed by atoms with Crippen molar-refractivity contribution in [3.8, 4) is 0 Å². The predicted molar refractivity (Wildman–Crippen MR) is 85.7 cm³/mol. The summed E-state index contributed by atoms with van der Waals surface area (Å²) in [5.41, 5.74) is 9.46. The molecule has 0 amide bonds. The quantitative estimate of drug-likeness (QED) is 0.900. The van der Waals surface area contributed by atoms with Crippen LogP contribution in [0.3, 0.4) is 0 Å². The Balaban J connectivity index is 1.96. The molecule has 20 heavy (non-hydrogen) atoms. The Morgan fingerprint density at radius 2 is 1.90 bits per heavy atom. The van der Waals surface area contributed by atoms with Gasteiger partial charge in [0, 0.05) is 23.9 Å². The van der Waals surface area contributed by atoms with E-state index in [9.17, 15) is 0 Å². The topological polar surface area (TPSA) is 38.9 Å². The summed E-state index contributed by atoms with van der Waals surface area (Å²) in [6, 6.07) is 4.34. The van der Waals surface area contributed by atoms with E-state index in [1.54, 1.807) is 0 Å². The van der Waals surface area contributed by atoms with Crippen LogP contribution in [0.4, 0.5) is 0 Å². The highest BCUT2D eigenvalue weighted by molar-refractivity contribution is 5.16. The minimum atomic E-state index is -0.0392. The first-order valence-corrected chi connectivity index (χ1v) is 8.05. The van der Waals surface area contributed by atoms with Crippen molar-refractivity contribution >= 4 is 0 Å². The lowest BCUT2D eigenvalue weighted by atomic mass is 9.66. The molecule has 1 saturated carbocycles. The van der Waals surface area contributed by atoms with Gasteiger partial charge >= 0.3 is 0 Å². The summed E-state index contributed by atoms with van der Waals surface area (Å²) in [4.78, 5) is 4.58. The maximum Gasteiger partial charge on any atom is 0.0422 e. The molecule has 1 aliphatic rings. The van der Waals surface area contributed by atoms with Crippen molar-refractivity contribution in [3.05, 3.63) is 29.6 Å². The summed E-state index contributed by atoms with van der Waals surface area (Å²) in [5, 5.41) is 0. The molecule has 0 unspecified atom stereocenters. The maximum absolute atomic E-state index is 6.63. The van der Waals surface area contributed by atoms with Crippen LogP contribution in [-0.4, -0.2) is 10.5 Å². The zero-order chi connectivity index (χ0) is 14.8. The van der Waals surface area contributed by atoms with Crippen LogP contribution in [-0.2, 0) is 12.8 Å². The molecule has 2 rings (SSSR count). The molecule has 112 valence electrons.